The fourth-order valence-corrected chi connectivity index (χ4v) is 9.55. The summed E-state index contributed by atoms with van der Waals surface area (Å²) in [5, 5.41) is 11.4. The molecule has 1 unspecified atom stereocenters. The van der Waals surface area contributed by atoms with Gasteiger partial charge in [-0.1, -0.05) is 71.4 Å². The number of fused-ring (bicyclic) bond motifs is 1. The zero-order valence-corrected chi connectivity index (χ0v) is 21.5. The monoisotopic (exact) mass is 449 g/mol. The minimum atomic E-state index is -3.38. The summed E-state index contributed by atoms with van der Waals surface area (Å²) in [6, 6.07) is 9.94. The number of hydrogen-bond acceptors (Lipinski definition) is 4. The number of aliphatic hydroxyl groups is 1. The Morgan fingerprint density at radius 2 is 1.77 bits per heavy atom. The van der Waals surface area contributed by atoms with Gasteiger partial charge in [0, 0.05) is 12.5 Å². The molecule has 5 heteroatoms. The van der Waals surface area contributed by atoms with Crippen LogP contribution in [0.1, 0.15) is 85.4 Å². The smallest absolute Gasteiger partial charge is 0.184 e. The molecule has 1 heterocycles. The van der Waals surface area contributed by atoms with Crippen molar-refractivity contribution < 1.29 is 14.5 Å². The Morgan fingerprint density at radius 1 is 1.13 bits per heavy atom. The minimum Gasteiger partial charge on any atom is -0.640 e. The second-order valence-electron chi connectivity index (χ2n) is 11.4. The number of aliphatic hydroxyl groups excluding tert-OH is 1. The SMILES string of the molecule is CC(C)C[C@@H](O)[C@H](c1ccccc1)[P+]1([O-])O[C@@H]2C[C@H](C)CC[C@H]2C(C)(C)N1CC(C)C. The van der Waals surface area contributed by atoms with Crippen LogP contribution >= 0.6 is 7.87 Å². The summed E-state index contributed by atoms with van der Waals surface area (Å²) in [6.07, 6.45) is 3.15. The summed E-state index contributed by atoms with van der Waals surface area (Å²) in [6.45, 7) is 16.1. The van der Waals surface area contributed by atoms with Crippen molar-refractivity contribution in [3.8, 4) is 0 Å². The maximum atomic E-state index is 15.1. The minimum absolute atomic E-state index is 0.00884. The first-order valence-electron chi connectivity index (χ1n) is 12.3. The molecule has 1 aromatic carbocycles. The van der Waals surface area contributed by atoms with Crippen LogP contribution in [0.4, 0.5) is 0 Å². The highest BCUT2D eigenvalue weighted by Gasteiger charge is 2.63. The molecule has 1 saturated carbocycles. The summed E-state index contributed by atoms with van der Waals surface area (Å²) in [7, 11) is -3.38. The van der Waals surface area contributed by atoms with Crippen LogP contribution in [0.2, 0.25) is 0 Å². The third-order valence-corrected chi connectivity index (χ3v) is 10.6. The number of hydrogen-bond donors (Lipinski definition) is 1. The van der Waals surface area contributed by atoms with Crippen LogP contribution in [0.15, 0.2) is 30.3 Å². The molecule has 176 valence electrons. The van der Waals surface area contributed by atoms with Crippen molar-refractivity contribution in [3.63, 3.8) is 0 Å². The second-order valence-corrected chi connectivity index (χ2v) is 13.8. The van der Waals surface area contributed by atoms with Crippen molar-refractivity contribution in [2.45, 2.75) is 97.6 Å². The van der Waals surface area contributed by atoms with Crippen LogP contribution in [0.3, 0.4) is 0 Å². The van der Waals surface area contributed by atoms with E-state index in [2.05, 4.69) is 53.1 Å². The molecule has 0 aromatic heterocycles. The van der Waals surface area contributed by atoms with E-state index < -0.39 is 19.6 Å². The van der Waals surface area contributed by atoms with E-state index in [1.807, 2.05) is 30.3 Å². The Kier molecular flexibility index (Phi) is 7.92. The van der Waals surface area contributed by atoms with Gasteiger partial charge in [0.2, 0.25) is 0 Å². The summed E-state index contributed by atoms with van der Waals surface area (Å²) >= 11 is 0. The van der Waals surface area contributed by atoms with Gasteiger partial charge in [0.15, 0.2) is 13.5 Å². The van der Waals surface area contributed by atoms with E-state index in [-0.39, 0.29) is 11.6 Å². The Balaban J connectivity index is 2.12. The number of benzene rings is 1. The average Bonchev–Trinajstić information content (AvgIpc) is 2.65. The fourth-order valence-electron chi connectivity index (χ4n) is 5.86. The van der Waals surface area contributed by atoms with Crippen LogP contribution in [0.25, 0.3) is 0 Å². The highest BCUT2D eigenvalue weighted by molar-refractivity contribution is 7.62. The van der Waals surface area contributed by atoms with Crippen LogP contribution < -0.4 is 4.89 Å². The van der Waals surface area contributed by atoms with E-state index in [0.717, 1.165) is 18.4 Å². The molecule has 31 heavy (non-hydrogen) atoms. The summed E-state index contributed by atoms with van der Waals surface area (Å²) in [5.74, 6) is 1.61. The van der Waals surface area contributed by atoms with Gasteiger partial charge < -0.3 is 10.00 Å². The molecule has 1 aliphatic heterocycles. The molecule has 1 aliphatic carbocycles. The van der Waals surface area contributed by atoms with Crippen molar-refractivity contribution in [1.82, 2.24) is 4.67 Å². The van der Waals surface area contributed by atoms with Crippen LogP contribution in [0, 0.1) is 23.7 Å². The lowest BCUT2D eigenvalue weighted by Gasteiger charge is -2.60. The molecule has 1 N–H and O–H groups in total. The van der Waals surface area contributed by atoms with E-state index in [1.54, 1.807) is 0 Å². The molecule has 0 spiro atoms. The molecule has 2 aliphatic rings. The molecule has 1 aromatic rings. The molecular formula is C26H44NO3P. The molecule has 0 radical (unpaired) electrons. The third-order valence-electron chi connectivity index (χ3n) is 7.36. The summed E-state index contributed by atoms with van der Waals surface area (Å²) in [5.41, 5.74) is 0.145. The van der Waals surface area contributed by atoms with Gasteiger partial charge >= 0.3 is 0 Å². The molecule has 0 bridgehead atoms. The van der Waals surface area contributed by atoms with Crippen LogP contribution in [-0.4, -0.2) is 34.1 Å². The quantitative estimate of drug-likeness (QED) is 0.532. The average molecular weight is 450 g/mol. The molecule has 4 nitrogen and oxygen atoms in total. The largest absolute Gasteiger partial charge is 0.640 e. The van der Waals surface area contributed by atoms with Gasteiger partial charge in [0.05, 0.1) is 11.6 Å². The predicted molar refractivity (Wildman–Crippen MR) is 129 cm³/mol. The van der Waals surface area contributed by atoms with Crippen molar-refractivity contribution >= 4 is 7.87 Å². The van der Waals surface area contributed by atoms with E-state index in [1.165, 1.54) is 6.42 Å². The predicted octanol–water partition coefficient (Wildman–Crippen LogP) is 5.83. The maximum absolute atomic E-state index is 15.1. The lowest BCUT2D eigenvalue weighted by Crippen LogP contribution is -2.63. The van der Waals surface area contributed by atoms with E-state index >= 15 is 4.89 Å². The summed E-state index contributed by atoms with van der Waals surface area (Å²) < 4.78 is 8.92. The maximum Gasteiger partial charge on any atom is 0.184 e. The van der Waals surface area contributed by atoms with E-state index in [0.29, 0.717) is 36.6 Å². The van der Waals surface area contributed by atoms with Crippen molar-refractivity contribution in [2.24, 2.45) is 23.7 Å². The first kappa shape index (κ1) is 25.1. The van der Waals surface area contributed by atoms with E-state index in [9.17, 15) is 5.11 Å². The first-order valence-corrected chi connectivity index (χ1v) is 13.9. The number of rotatable bonds is 7. The second kappa shape index (κ2) is 9.77. The lowest BCUT2D eigenvalue weighted by molar-refractivity contribution is -0.241. The molecule has 2 fully saturated rings. The molecular weight excluding hydrogens is 405 g/mol. The molecule has 3 rings (SSSR count). The zero-order chi connectivity index (χ0) is 23.0. The van der Waals surface area contributed by atoms with Gasteiger partial charge in [0.25, 0.3) is 0 Å². The van der Waals surface area contributed by atoms with E-state index in [4.69, 9.17) is 4.52 Å². The highest BCUT2D eigenvalue weighted by Crippen LogP contribution is 2.74. The molecule has 6 atom stereocenters. The summed E-state index contributed by atoms with van der Waals surface area (Å²) in [4.78, 5) is 15.1. The van der Waals surface area contributed by atoms with Gasteiger partial charge in [-0.3, -0.25) is 0 Å². The van der Waals surface area contributed by atoms with Crippen LogP contribution in [-0.2, 0) is 4.52 Å². The number of nitrogens with zero attached hydrogens (tertiary/aromatic N) is 1. The van der Waals surface area contributed by atoms with Gasteiger partial charge in [0.1, 0.15) is 6.10 Å². The van der Waals surface area contributed by atoms with Gasteiger partial charge in [-0.15, -0.1) is 0 Å². The fraction of sp³-hybridized carbons (Fsp3) is 0.769. The van der Waals surface area contributed by atoms with Crippen molar-refractivity contribution in [1.29, 1.82) is 0 Å². The van der Waals surface area contributed by atoms with Crippen LogP contribution in [0.5, 0.6) is 0 Å². The Hall–Kier alpha value is -0.510. The highest BCUT2D eigenvalue weighted by atomic mass is 31.2. The zero-order valence-electron chi connectivity index (χ0n) is 20.6. The lowest BCUT2D eigenvalue weighted by atomic mass is 9.71. The third kappa shape index (κ3) is 5.20. The Labute approximate surface area is 190 Å². The van der Waals surface area contributed by atoms with Gasteiger partial charge in [-0.05, 0) is 56.4 Å². The van der Waals surface area contributed by atoms with Gasteiger partial charge in [-0.2, -0.15) is 4.67 Å². The van der Waals surface area contributed by atoms with Crippen molar-refractivity contribution in [2.75, 3.05) is 6.54 Å². The Bertz CT molecular complexity index is 710. The van der Waals surface area contributed by atoms with Gasteiger partial charge in [-0.25, -0.2) is 4.52 Å². The topological polar surface area (TPSA) is 55.8 Å². The molecule has 0 amide bonds. The first-order chi connectivity index (χ1) is 14.5. The Morgan fingerprint density at radius 3 is 2.35 bits per heavy atom. The molecule has 1 saturated heterocycles. The standard InChI is InChI=1S/C26H44NO3P/c1-18(2)15-23(28)25(21-11-9-8-10-12-21)31(29)27(17-19(3)4)26(6,7)22-14-13-20(5)16-24(22)30-31/h8-12,18-20,22-25,28H,13-17H2,1-7H3/t20-,22-,23-,24-,25+,31?/m1/s1. The van der Waals surface area contributed by atoms with Crippen molar-refractivity contribution in [3.05, 3.63) is 35.9 Å². The normalized spacial score (nSPS) is 33.3.